The predicted octanol–water partition coefficient (Wildman–Crippen LogP) is 5.46. The van der Waals surface area contributed by atoms with Crippen LogP contribution in [0.15, 0.2) is 84.3 Å². The molecule has 0 aliphatic carbocycles. The molecule has 0 radical (unpaired) electrons. The van der Waals surface area contributed by atoms with Gasteiger partial charge < -0.3 is 24.8 Å². The number of hydrogen-bond acceptors (Lipinski definition) is 7. The molecule has 5 rings (SSSR count). The molecule has 4 aromatic rings. The molecule has 194 valence electrons. The molecule has 0 unspecified atom stereocenters. The summed E-state index contributed by atoms with van der Waals surface area (Å²) in [5.74, 6) is 1.98. The zero-order chi connectivity index (χ0) is 26.6. The fourth-order valence-electron chi connectivity index (χ4n) is 4.32. The van der Waals surface area contributed by atoms with Crippen molar-refractivity contribution in [2.24, 2.45) is 0 Å². The molecule has 0 saturated carbocycles. The summed E-state index contributed by atoms with van der Waals surface area (Å²) >= 11 is 5.99. The highest BCUT2D eigenvalue weighted by Crippen LogP contribution is 2.37. The fraction of sp³-hybridized carbons (Fsp3) is 0.179. The summed E-state index contributed by atoms with van der Waals surface area (Å²) in [6.45, 7) is 2.21. The highest BCUT2D eigenvalue weighted by atomic mass is 35.5. The number of aromatic nitrogens is 3. The first-order valence-corrected chi connectivity index (χ1v) is 12.2. The van der Waals surface area contributed by atoms with E-state index < -0.39 is 6.04 Å². The van der Waals surface area contributed by atoms with E-state index in [1.54, 1.807) is 37.1 Å². The van der Waals surface area contributed by atoms with E-state index in [2.05, 4.69) is 20.7 Å². The van der Waals surface area contributed by atoms with Gasteiger partial charge in [-0.25, -0.2) is 4.68 Å². The summed E-state index contributed by atoms with van der Waals surface area (Å²) in [7, 11) is 3.11. The van der Waals surface area contributed by atoms with Crippen LogP contribution in [0.3, 0.4) is 0 Å². The third-order valence-electron chi connectivity index (χ3n) is 6.19. The molecule has 38 heavy (non-hydrogen) atoms. The van der Waals surface area contributed by atoms with Crippen molar-refractivity contribution in [3.63, 3.8) is 0 Å². The van der Waals surface area contributed by atoms with E-state index in [1.165, 1.54) is 6.33 Å². The zero-order valence-corrected chi connectivity index (χ0v) is 21.8. The first-order valence-electron chi connectivity index (χ1n) is 11.8. The van der Waals surface area contributed by atoms with Crippen LogP contribution in [0.1, 0.15) is 24.1 Å². The maximum atomic E-state index is 13.8. The lowest BCUT2D eigenvalue weighted by Crippen LogP contribution is -2.31. The molecule has 1 aromatic heterocycles. The molecule has 0 fully saturated rings. The van der Waals surface area contributed by atoms with Crippen LogP contribution in [-0.4, -0.2) is 34.9 Å². The number of carbonyl (C=O) groups excluding carboxylic acids is 1. The minimum Gasteiger partial charge on any atom is -0.497 e. The second-order valence-corrected chi connectivity index (χ2v) is 9.04. The quantitative estimate of drug-likeness (QED) is 0.311. The summed E-state index contributed by atoms with van der Waals surface area (Å²) in [4.78, 5) is 18.1. The first-order chi connectivity index (χ1) is 18.5. The van der Waals surface area contributed by atoms with E-state index in [0.717, 1.165) is 11.1 Å². The number of benzene rings is 3. The SMILES string of the molecule is COc1ccc(OC)c(NC(=O)C2=C(C)Nc3ncnn3[C@@H]2c2cccc(OCc3ccc(Cl)cc3)c2)c1. The summed E-state index contributed by atoms with van der Waals surface area (Å²) in [5, 5.41) is 11.2. The highest BCUT2D eigenvalue weighted by molar-refractivity contribution is 6.30. The topological polar surface area (TPSA) is 99.5 Å². The van der Waals surface area contributed by atoms with Crippen LogP contribution in [0.25, 0.3) is 0 Å². The average Bonchev–Trinajstić information content (AvgIpc) is 3.40. The van der Waals surface area contributed by atoms with Gasteiger partial charge in [-0.15, -0.1) is 0 Å². The minimum atomic E-state index is -0.551. The Morgan fingerprint density at radius 1 is 1.05 bits per heavy atom. The Labute approximate surface area is 225 Å². The Kier molecular flexibility index (Phi) is 7.19. The molecular formula is C28H26ClN5O4. The zero-order valence-electron chi connectivity index (χ0n) is 21.1. The minimum absolute atomic E-state index is 0.319. The van der Waals surface area contributed by atoms with Gasteiger partial charge >= 0.3 is 0 Å². The van der Waals surface area contributed by atoms with Crippen LogP contribution in [0.5, 0.6) is 17.2 Å². The van der Waals surface area contributed by atoms with Crippen molar-refractivity contribution in [1.29, 1.82) is 0 Å². The molecule has 1 atom stereocenters. The predicted molar refractivity (Wildman–Crippen MR) is 145 cm³/mol. The molecule has 1 amide bonds. The summed E-state index contributed by atoms with van der Waals surface area (Å²) < 4.78 is 18.5. The molecule has 1 aliphatic rings. The third kappa shape index (κ3) is 5.14. The summed E-state index contributed by atoms with van der Waals surface area (Å²) in [6, 6.07) is 19.8. The van der Waals surface area contributed by atoms with Crippen molar-refractivity contribution in [3.05, 3.63) is 100 Å². The normalized spacial score (nSPS) is 14.4. The summed E-state index contributed by atoms with van der Waals surface area (Å²) in [6.07, 6.45) is 1.45. The number of amides is 1. The van der Waals surface area contributed by atoms with Gasteiger partial charge in [0.15, 0.2) is 0 Å². The first kappa shape index (κ1) is 25.2. The van der Waals surface area contributed by atoms with E-state index >= 15 is 0 Å². The van der Waals surface area contributed by atoms with Crippen molar-refractivity contribution in [1.82, 2.24) is 14.8 Å². The molecule has 1 aliphatic heterocycles. The van der Waals surface area contributed by atoms with Crippen molar-refractivity contribution in [3.8, 4) is 17.2 Å². The van der Waals surface area contributed by atoms with E-state index in [-0.39, 0.29) is 5.91 Å². The summed E-state index contributed by atoms with van der Waals surface area (Å²) in [5.41, 5.74) is 3.42. The Bertz CT molecular complexity index is 1500. The number of hydrogen-bond donors (Lipinski definition) is 2. The van der Waals surface area contributed by atoms with E-state index in [9.17, 15) is 4.79 Å². The number of anilines is 2. The van der Waals surface area contributed by atoms with E-state index in [4.69, 9.17) is 25.8 Å². The van der Waals surface area contributed by atoms with Gasteiger partial charge in [0.1, 0.15) is 36.2 Å². The maximum absolute atomic E-state index is 13.8. The van der Waals surface area contributed by atoms with Gasteiger partial charge in [-0.2, -0.15) is 10.1 Å². The van der Waals surface area contributed by atoms with Gasteiger partial charge in [0.05, 0.1) is 25.5 Å². The van der Waals surface area contributed by atoms with Crippen molar-refractivity contribution in [2.45, 2.75) is 19.6 Å². The number of rotatable bonds is 8. The Morgan fingerprint density at radius 2 is 1.87 bits per heavy atom. The van der Waals surface area contributed by atoms with Crippen molar-refractivity contribution >= 4 is 29.1 Å². The number of halogens is 1. The Hall–Kier alpha value is -4.50. The number of allylic oxidation sites excluding steroid dienone is 1. The third-order valence-corrected chi connectivity index (χ3v) is 6.44. The second-order valence-electron chi connectivity index (χ2n) is 8.60. The second kappa shape index (κ2) is 10.9. The number of carbonyl (C=O) groups is 1. The van der Waals surface area contributed by atoms with Crippen LogP contribution in [-0.2, 0) is 11.4 Å². The van der Waals surface area contributed by atoms with E-state index in [0.29, 0.717) is 51.8 Å². The molecule has 0 bridgehead atoms. The molecule has 2 heterocycles. The van der Waals surface area contributed by atoms with Crippen molar-refractivity contribution < 1.29 is 19.0 Å². The molecule has 2 N–H and O–H groups in total. The Morgan fingerprint density at radius 3 is 2.63 bits per heavy atom. The standard InChI is InChI=1S/C28H26ClN5O4/c1-17-25(27(35)33-23-14-21(36-2)11-12-24(23)37-3)26(34-28(32-17)30-16-31-34)19-5-4-6-22(13-19)38-15-18-7-9-20(29)10-8-18/h4-14,16,26H,15H2,1-3H3,(H,33,35)(H,30,31,32)/t26-/m1/s1. The number of ether oxygens (including phenoxy) is 3. The Balaban J connectivity index is 1.47. The van der Waals surface area contributed by atoms with Crippen LogP contribution in [0, 0.1) is 0 Å². The van der Waals surface area contributed by atoms with Gasteiger partial charge in [0, 0.05) is 16.8 Å². The van der Waals surface area contributed by atoms with Gasteiger partial charge in [-0.3, -0.25) is 4.79 Å². The average molecular weight is 532 g/mol. The van der Waals surface area contributed by atoms with Crippen LogP contribution >= 0.6 is 11.6 Å². The maximum Gasteiger partial charge on any atom is 0.255 e. The molecule has 0 spiro atoms. The van der Waals surface area contributed by atoms with Gasteiger partial charge in [0.25, 0.3) is 5.91 Å². The van der Waals surface area contributed by atoms with Crippen molar-refractivity contribution in [2.75, 3.05) is 24.9 Å². The number of nitrogens with zero attached hydrogens (tertiary/aromatic N) is 3. The lowest BCUT2D eigenvalue weighted by molar-refractivity contribution is -0.113. The monoisotopic (exact) mass is 531 g/mol. The number of methoxy groups -OCH3 is 2. The van der Waals surface area contributed by atoms with Crippen LogP contribution in [0.2, 0.25) is 5.02 Å². The molecule has 9 nitrogen and oxygen atoms in total. The van der Waals surface area contributed by atoms with Crippen LogP contribution < -0.4 is 24.8 Å². The molecular weight excluding hydrogens is 506 g/mol. The lowest BCUT2D eigenvalue weighted by atomic mass is 9.94. The molecule has 3 aromatic carbocycles. The van der Waals surface area contributed by atoms with Gasteiger partial charge in [-0.05, 0) is 54.4 Å². The number of nitrogens with one attached hydrogen (secondary N) is 2. The number of fused-ring (bicyclic) bond motifs is 1. The largest absolute Gasteiger partial charge is 0.497 e. The highest BCUT2D eigenvalue weighted by Gasteiger charge is 2.34. The molecule has 10 heteroatoms. The van der Waals surface area contributed by atoms with Gasteiger partial charge in [-0.1, -0.05) is 35.9 Å². The lowest BCUT2D eigenvalue weighted by Gasteiger charge is -2.29. The smallest absolute Gasteiger partial charge is 0.255 e. The van der Waals surface area contributed by atoms with Gasteiger partial charge in [0.2, 0.25) is 5.95 Å². The van der Waals surface area contributed by atoms with Crippen LogP contribution in [0.4, 0.5) is 11.6 Å². The fourth-order valence-corrected chi connectivity index (χ4v) is 4.44. The molecule has 0 saturated heterocycles. The van der Waals surface area contributed by atoms with E-state index in [1.807, 2.05) is 55.5 Å².